The molecule has 1 aromatic heterocycles. The molecule has 5 heteroatoms. The summed E-state index contributed by atoms with van der Waals surface area (Å²) in [5.74, 6) is 1.02. The highest BCUT2D eigenvalue weighted by Gasteiger charge is 2.21. The van der Waals surface area contributed by atoms with Crippen molar-refractivity contribution in [2.45, 2.75) is 26.2 Å². The van der Waals surface area contributed by atoms with Crippen LogP contribution in [0.1, 0.15) is 46.2 Å². The van der Waals surface area contributed by atoms with Crippen molar-refractivity contribution >= 4 is 33.4 Å². The predicted molar refractivity (Wildman–Crippen MR) is 122 cm³/mol. The van der Waals surface area contributed by atoms with Crippen LogP contribution in [-0.4, -0.2) is 25.3 Å². The predicted octanol–water partition coefficient (Wildman–Crippen LogP) is 5.55. The van der Waals surface area contributed by atoms with Crippen LogP contribution in [0.25, 0.3) is 21.7 Å². The number of aryl methyl sites for hydroxylation is 1. The molecular formula is C26H25NO4. The first-order valence-corrected chi connectivity index (χ1v) is 10.5. The van der Waals surface area contributed by atoms with Crippen LogP contribution in [0.4, 0.5) is 0 Å². The van der Waals surface area contributed by atoms with E-state index >= 15 is 0 Å². The van der Waals surface area contributed by atoms with Gasteiger partial charge in [-0.2, -0.15) is 0 Å². The number of Topliss-reactive ketones (excluding diaryl/α,β-unsaturated/α-hetero) is 1. The van der Waals surface area contributed by atoms with E-state index < -0.39 is 0 Å². The van der Waals surface area contributed by atoms with Gasteiger partial charge in [-0.15, -0.1) is 0 Å². The number of carbonyl (C=O) groups excluding carboxylic acids is 2. The van der Waals surface area contributed by atoms with E-state index in [4.69, 9.17) is 9.15 Å². The van der Waals surface area contributed by atoms with Crippen LogP contribution in [0.2, 0.25) is 0 Å². The number of fused-ring (bicyclic) bond motifs is 2. The molecule has 0 spiro atoms. The summed E-state index contributed by atoms with van der Waals surface area (Å²) in [4.78, 5) is 25.7. The lowest BCUT2D eigenvalue weighted by Gasteiger charge is -2.07. The molecule has 0 atom stereocenters. The maximum atomic E-state index is 13.0. The zero-order valence-corrected chi connectivity index (χ0v) is 17.7. The van der Waals surface area contributed by atoms with Crippen molar-refractivity contribution < 1.29 is 18.7 Å². The van der Waals surface area contributed by atoms with Gasteiger partial charge in [0.15, 0.2) is 5.78 Å². The number of nitrogens with one attached hydrogen (secondary N) is 1. The fraction of sp³-hybridized carbons (Fsp3) is 0.231. The number of ketones is 1. The molecule has 1 N–H and O–H groups in total. The molecule has 0 unspecified atom stereocenters. The van der Waals surface area contributed by atoms with Crippen LogP contribution in [0.3, 0.4) is 0 Å². The number of benzene rings is 3. The molecule has 0 saturated carbocycles. The molecule has 3 aromatic carbocycles. The van der Waals surface area contributed by atoms with Crippen molar-refractivity contribution in [2.75, 3.05) is 13.7 Å². The molecule has 0 fully saturated rings. The number of ether oxygens (including phenoxy) is 1. The minimum Gasteiger partial charge on any atom is -0.497 e. The van der Waals surface area contributed by atoms with Gasteiger partial charge >= 0.3 is 0 Å². The molecule has 31 heavy (non-hydrogen) atoms. The minimum atomic E-state index is -0.282. The Labute approximate surface area is 181 Å². The van der Waals surface area contributed by atoms with Crippen LogP contribution in [0, 0.1) is 0 Å². The Morgan fingerprint density at radius 2 is 1.77 bits per heavy atom. The highest BCUT2D eigenvalue weighted by atomic mass is 16.5. The van der Waals surface area contributed by atoms with Crippen molar-refractivity contribution in [1.82, 2.24) is 5.32 Å². The first kappa shape index (κ1) is 20.7. The lowest BCUT2D eigenvalue weighted by atomic mass is 10.0. The Hall–Kier alpha value is -3.60. The lowest BCUT2D eigenvalue weighted by Crippen LogP contribution is -2.30. The smallest absolute Gasteiger partial charge is 0.255 e. The molecule has 0 aliphatic heterocycles. The minimum absolute atomic E-state index is 0.0762. The molecule has 5 nitrogen and oxygen atoms in total. The number of carbonyl (C=O) groups is 2. The maximum absolute atomic E-state index is 13.0. The Kier molecular flexibility index (Phi) is 6.03. The highest BCUT2D eigenvalue weighted by Crippen LogP contribution is 2.27. The van der Waals surface area contributed by atoms with Crippen LogP contribution < -0.4 is 10.1 Å². The topological polar surface area (TPSA) is 68.5 Å². The largest absolute Gasteiger partial charge is 0.497 e. The molecule has 0 radical (unpaired) electrons. The van der Waals surface area contributed by atoms with Gasteiger partial charge in [-0.1, -0.05) is 49.7 Å². The van der Waals surface area contributed by atoms with E-state index in [0.717, 1.165) is 34.7 Å². The molecule has 0 bridgehead atoms. The van der Waals surface area contributed by atoms with Gasteiger partial charge in [0.2, 0.25) is 0 Å². The molecule has 0 aliphatic rings. The van der Waals surface area contributed by atoms with Crippen molar-refractivity contribution in [3.05, 3.63) is 77.6 Å². The Balaban J connectivity index is 1.52. The van der Waals surface area contributed by atoms with Crippen LogP contribution in [0.5, 0.6) is 5.75 Å². The second-order valence-corrected chi connectivity index (χ2v) is 7.53. The van der Waals surface area contributed by atoms with Crippen molar-refractivity contribution in [3.63, 3.8) is 0 Å². The molecule has 4 aromatic rings. The highest BCUT2D eigenvalue weighted by molar-refractivity contribution is 6.09. The Morgan fingerprint density at radius 1 is 1.00 bits per heavy atom. The average Bonchev–Trinajstić information content (AvgIpc) is 3.18. The van der Waals surface area contributed by atoms with Gasteiger partial charge in [-0.3, -0.25) is 9.59 Å². The van der Waals surface area contributed by atoms with E-state index in [2.05, 4.69) is 12.2 Å². The summed E-state index contributed by atoms with van der Waals surface area (Å²) >= 11 is 0. The number of para-hydroxylation sites is 1. The molecule has 1 amide bonds. The summed E-state index contributed by atoms with van der Waals surface area (Å²) in [7, 11) is 1.62. The van der Waals surface area contributed by atoms with Crippen LogP contribution in [-0.2, 0) is 6.42 Å². The summed E-state index contributed by atoms with van der Waals surface area (Å²) in [6, 6.07) is 18.7. The summed E-state index contributed by atoms with van der Waals surface area (Å²) in [5, 5.41) is 5.50. The first-order valence-electron chi connectivity index (χ1n) is 10.5. The van der Waals surface area contributed by atoms with Gasteiger partial charge in [-0.25, -0.2) is 0 Å². The average molecular weight is 415 g/mol. The zero-order valence-electron chi connectivity index (χ0n) is 17.7. The molecule has 1 heterocycles. The number of methoxy groups -OCH3 is 1. The second kappa shape index (κ2) is 9.04. The van der Waals surface area contributed by atoms with Crippen molar-refractivity contribution in [2.24, 2.45) is 0 Å². The van der Waals surface area contributed by atoms with Gasteiger partial charge in [0.05, 0.1) is 19.2 Å². The zero-order chi connectivity index (χ0) is 21.8. The van der Waals surface area contributed by atoms with Gasteiger partial charge in [0.25, 0.3) is 5.91 Å². The van der Waals surface area contributed by atoms with E-state index in [1.807, 2.05) is 54.6 Å². The summed E-state index contributed by atoms with van der Waals surface area (Å²) in [6.07, 6.45) is 2.63. The molecule has 158 valence electrons. The fourth-order valence-corrected chi connectivity index (χ4v) is 3.73. The third-order valence-electron chi connectivity index (χ3n) is 5.43. The molecular weight excluding hydrogens is 390 g/mol. The summed E-state index contributed by atoms with van der Waals surface area (Å²) in [5.41, 5.74) is 1.78. The van der Waals surface area contributed by atoms with E-state index in [1.165, 1.54) is 0 Å². The van der Waals surface area contributed by atoms with Crippen molar-refractivity contribution in [1.29, 1.82) is 0 Å². The maximum Gasteiger partial charge on any atom is 0.255 e. The quantitative estimate of drug-likeness (QED) is 0.383. The number of hydrogen-bond donors (Lipinski definition) is 1. The number of furan rings is 1. The number of rotatable bonds is 8. The lowest BCUT2D eigenvalue weighted by molar-refractivity contribution is 0.0903. The van der Waals surface area contributed by atoms with Crippen molar-refractivity contribution in [3.8, 4) is 5.75 Å². The van der Waals surface area contributed by atoms with E-state index in [9.17, 15) is 9.59 Å². The van der Waals surface area contributed by atoms with Gasteiger partial charge in [-0.05, 0) is 41.5 Å². The van der Waals surface area contributed by atoms with Crippen LogP contribution in [0.15, 0.2) is 65.1 Å². The molecule has 4 rings (SSSR count). The fourth-order valence-electron chi connectivity index (χ4n) is 3.73. The second-order valence-electron chi connectivity index (χ2n) is 7.53. The summed E-state index contributed by atoms with van der Waals surface area (Å²) in [6.45, 7) is 2.02. The van der Waals surface area contributed by atoms with E-state index in [0.29, 0.717) is 28.9 Å². The first-order chi connectivity index (χ1) is 15.1. The van der Waals surface area contributed by atoms with Gasteiger partial charge < -0.3 is 14.5 Å². The number of unbranched alkanes of at least 4 members (excludes halogenated alkanes) is 1. The summed E-state index contributed by atoms with van der Waals surface area (Å²) < 4.78 is 11.2. The monoisotopic (exact) mass is 415 g/mol. The van der Waals surface area contributed by atoms with E-state index in [1.54, 1.807) is 13.2 Å². The van der Waals surface area contributed by atoms with Gasteiger partial charge in [0, 0.05) is 17.4 Å². The molecule has 0 aliphatic carbocycles. The Morgan fingerprint density at radius 3 is 2.58 bits per heavy atom. The molecule has 0 saturated heterocycles. The Bertz CT molecular complexity index is 1250. The van der Waals surface area contributed by atoms with E-state index in [-0.39, 0.29) is 18.2 Å². The third kappa shape index (κ3) is 4.31. The third-order valence-corrected chi connectivity index (χ3v) is 5.43. The number of hydrogen-bond acceptors (Lipinski definition) is 4. The van der Waals surface area contributed by atoms with Gasteiger partial charge in [0.1, 0.15) is 17.1 Å². The SMILES string of the molecule is CCCCc1oc2ccccc2c1C(=O)NCC(=O)c1ccc2cc(OC)ccc2c1. The van der Waals surface area contributed by atoms with Crippen LogP contribution >= 0.6 is 0 Å². The number of amides is 1. The normalized spacial score (nSPS) is 11.0. The standard InChI is InChI=1S/C26H25NO4/c1-3-4-8-24-25(21-7-5-6-9-23(21)31-24)26(29)27-16-22(28)19-11-10-18-15-20(30-2)13-12-17(18)14-19/h5-7,9-15H,3-4,8,16H2,1-2H3,(H,27,29).